The molecule has 0 saturated carbocycles. The van der Waals surface area contributed by atoms with E-state index in [2.05, 4.69) is 15.2 Å². The molecule has 3 unspecified atom stereocenters. The van der Waals surface area contributed by atoms with Gasteiger partial charge in [0.15, 0.2) is 9.84 Å². The Morgan fingerprint density at radius 3 is 2.91 bits per heavy atom. The van der Waals surface area contributed by atoms with Crippen LogP contribution in [0.25, 0.3) is 10.1 Å². The van der Waals surface area contributed by atoms with E-state index in [4.69, 9.17) is 0 Å². The van der Waals surface area contributed by atoms with Gasteiger partial charge in [-0.15, -0.1) is 11.3 Å². The largest absolute Gasteiger partial charge is 0.346 e. The number of sulfone groups is 1. The molecular weight excluding hydrogens is 334 g/mol. The maximum atomic E-state index is 12.5. The SMILES string of the molecule is CS(=O)(=O)c1csc2cnc(C(=O)NC3CN4CCC3C4)cc12. The molecule has 0 aromatic carbocycles. The number of hydrogen-bond acceptors (Lipinski definition) is 6. The number of thiophene rings is 1. The molecule has 1 N–H and O–H groups in total. The van der Waals surface area contributed by atoms with Crippen LogP contribution in [-0.2, 0) is 9.84 Å². The van der Waals surface area contributed by atoms with Crippen LogP contribution >= 0.6 is 11.3 Å². The number of aromatic nitrogens is 1. The molecule has 2 aliphatic heterocycles. The summed E-state index contributed by atoms with van der Waals surface area (Å²) in [5.74, 6) is 0.298. The number of piperidine rings is 1. The Bertz CT molecular complexity index is 891. The number of amides is 1. The summed E-state index contributed by atoms with van der Waals surface area (Å²) in [5.41, 5.74) is 0.276. The van der Waals surface area contributed by atoms with E-state index in [-0.39, 0.29) is 22.5 Å². The van der Waals surface area contributed by atoms with Gasteiger partial charge in [-0.05, 0) is 24.9 Å². The van der Waals surface area contributed by atoms with Crippen LogP contribution in [0.15, 0.2) is 22.5 Å². The van der Waals surface area contributed by atoms with Gasteiger partial charge in [0.05, 0.1) is 9.60 Å². The van der Waals surface area contributed by atoms with Crippen molar-refractivity contribution in [1.82, 2.24) is 15.2 Å². The van der Waals surface area contributed by atoms with Gasteiger partial charge in [0.1, 0.15) is 5.69 Å². The predicted octanol–water partition coefficient (Wildman–Crippen LogP) is 1.13. The smallest absolute Gasteiger partial charge is 0.270 e. The van der Waals surface area contributed by atoms with Crippen molar-refractivity contribution in [3.63, 3.8) is 0 Å². The molecule has 2 saturated heterocycles. The van der Waals surface area contributed by atoms with Crippen molar-refractivity contribution >= 4 is 37.2 Å². The zero-order valence-corrected chi connectivity index (χ0v) is 14.3. The van der Waals surface area contributed by atoms with E-state index in [0.717, 1.165) is 30.8 Å². The standard InChI is InChI=1S/C15H17N3O3S2/c1-23(20,21)14-8-22-13-5-16-11(4-10(13)14)15(19)17-12-7-18-3-2-9(12)6-18/h4-5,8-9,12H,2-3,6-7H2,1H3,(H,17,19). The normalized spacial score (nSPS) is 26.7. The molecule has 0 aliphatic carbocycles. The van der Waals surface area contributed by atoms with Crippen LogP contribution in [-0.4, -0.2) is 56.1 Å². The van der Waals surface area contributed by atoms with E-state index in [1.807, 2.05) is 0 Å². The monoisotopic (exact) mass is 351 g/mol. The molecule has 122 valence electrons. The topological polar surface area (TPSA) is 79.4 Å². The Morgan fingerprint density at radius 1 is 1.43 bits per heavy atom. The van der Waals surface area contributed by atoms with Crippen molar-refractivity contribution < 1.29 is 13.2 Å². The summed E-state index contributed by atoms with van der Waals surface area (Å²) in [5, 5.41) is 5.23. The molecule has 8 heteroatoms. The molecule has 23 heavy (non-hydrogen) atoms. The number of pyridine rings is 1. The van der Waals surface area contributed by atoms with Gasteiger partial charge in [-0.3, -0.25) is 4.79 Å². The Hall–Kier alpha value is -1.51. The summed E-state index contributed by atoms with van der Waals surface area (Å²) in [4.78, 5) is 19.3. The third kappa shape index (κ3) is 2.64. The maximum Gasteiger partial charge on any atom is 0.270 e. The van der Waals surface area contributed by atoms with E-state index in [1.54, 1.807) is 17.6 Å². The predicted molar refractivity (Wildman–Crippen MR) is 88.5 cm³/mol. The highest BCUT2D eigenvalue weighted by atomic mass is 32.2. The molecule has 3 atom stereocenters. The summed E-state index contributed by atoms with van der Waals surface area (Å²) < 4.78 is 24.4. The first-order valence-corrected chi connectivity index (χ1v) is 10.3. The van der Waals surface area contributed by atoms with Crippen LogP contribution in [0.4, 0.5) is 0 Å². The summed E-state index contributed by atoms with van der Waals surface area (Å²) in [7, 11) is -3.31. The Balaban J connectivity index is 1.62. The minimum Gasteiger partial charge on any atom is -0.346 e. The fourth-order valence-corrected chi connectivity index (χ4v) is 5.76. The molecule has 4 heterocycles. The second-order valence-electron chi connectivity index (χ2n) is 6.33. The van der Waals surface area contributed by atoms with Crippen molar-refractivity contribution in [3.05, 3.63) is 23.3 Å². The Labute approximate surface area is 138 Å². The van der Waals surface area contributed by atoms with E-state index in [0.29, 0.717) is 11.3 Å². The lowest BCUT2D eigenvalue weighted by Gasteiger charge is -2.22. The fraction of sp³-hybridized carbons (Fsp3) is 0.467. The highest BCUT2D eigenvalue weighted by molar-refractivity contribution is 7.91. The summed E-state index contributed by atoms with van der Waals surface area (Å²) >= 11 is 1.32. The molecule has 0 spiro atoms. The average Bonchev–Trinajstić information content (AvgIpc) is 3.20. The van der Waals surface area contributed by atoms with Gasteiger partial charge in [-0.1, -0.05) is 0 Å². The van der Waals surface area contributed by atoms with Crippen LogP contribution in [0.2, 0.25) is 0 Å². The van der Waals surface area contributed by atoms with E-state index in [9.17, 15) is 13.2 Å². The van der Waals surface area contributed by atoms with Crippen molar-refractivity contribution in [2.75, 3.05) is 25.9 Å². The number of hydrogen-bond donors (Lipinski definition) is 1. The number of fused-ring (bicyclic) bond motifs is 3. The van der Waals surface area contributed by atoms with E-state index >= 15 is 0 Å². The van der Waals surface area contributed by atoms with Crippen molar-refractivity contribution in [3.8, 4) is 0 Å². The number of carbonyl (C=O) groups is 1. The minimum atomic E-state index is -3.31. The average molecular weight is 351 g/mol. The van der Waals surface area contributed by atoms with Crippen LogP contribution < -0.4 is 5.32 Å². The van der Waals surface area contributed by atoms with Crippen LogP contribution in [0.1, 0.15) is 16.9 Å². The molecule has 2 bridgehead atoms. The van der Waals surface area contributed by atoms with Gasteiger partial charge < -0.3 is 10.2 Å². The van der Waals surface area contributed by atoms with Gasteiger partial charge in [0, 0.05) is 42.4 Å². The molecule has 0 radical (unpaired) electrons. The highest BCUT2D eigenvalue weighted by Gasteiger charge is 2.38. The molecule has 1 amide bonds. The summed E-state index contributed by atoms with van der Waals surface area (Å²) in [6, 6.07) is 1.76. The zero-order chi connectivity index (χ0) is 16.2. The van der Waals surface area contributed by atoms with E-state index in [1.165, 1.54) is 17.6 Å². The van der Waals surface area contributed by atoms with Gasteiger partial charge in [-0.2, -0.15) is 0 Å². The molecule has 2 aromatic rings. The quantitative estimate of drug-likeness (QED) is 0.897. The third-order valence-corrected chi connectivity index (χ3v) is 6.93. The number of nitrogens with zero attached hydrogens (tertiary/aromatic N) is 2. The Kier molecular flexibility index (Phi) is 3.44. The van der Waals surface area contributed by atoms with Crippen LogP contribution in [0, 0.1) is 5.92 Å². The lowest BCUT2D eigenvalue weighted by Crippen LogP contribution is -2.43. The second-order valence-corrected chi connectivity index (χ2v) is 9.22. The highest BCUT2D eigenvalue weighted by Crippen LogP contribution is 2.30. The Morgan fingerprint density at radius 2 is 2.26 bits per heavy atom. The van der Waals surface area contributed by atoms with Crippen LogP contribution in [0.3, 0.4) is 0 Å². The third-order valence-electron chi connectivity index (χ3n) is 4.71. The minimum absolute atomic E-state index is 0.172. The van der Waals surface area contributed by atoms with E-state index < -0.39 is 9.84 Å². The fourth-order valence-electron chi connectivity index (χ4n) is 3.51. The summed E-state index contributed by atoms with van der Waals surface area (Å²) in [6.45, 7) is 3.07. The lowest BCUT2D eigenvalue weighted by atomic mass is 10.00. The number of carbonyl (C=O) groups excluding carboxylic acids is 1. The second kappa shape index (κ2) is 5.25. The summed E-state index contributed by atoms with van der Waals surface area (Å²) in [6.07, 6.45) is 3.88. The molecule has 2 fully saturated rings. The molecular formula is C15H17N3O3S2. The number of nitrogens with one attached hydrogen (secondary N) is 1. The van der Waals surface area contributed by atoms with Gasteiger partial charge in [-0.25, -0.2) is 13.4 Å². The number of rotatable bonds is 3. The maximum absolute atomic E-state index is 12.5. The first-order chi connectivity index (χ1) is 10.9. The first-order valence-electron chi connectivity index (χ1n) is 7.52. The van der Waals surface area contributed by atoms with Gasteiger partial charge in [0.2, 0.25) is 0 Å². The zero-order valence-electron chi connectivity index (χ0n) is 12.7. The molecule has 6 nitrogen and oxygen atoms in total. The van der Waals surface area contributed by atoms with Crippen molar-refractivity contribution in [2.45, 2.75) is 17.4 Å². The van der Waals surface area contributed by atoms with Crippen LogP contribution in [0.5, 0.6) is 0 Å². The molecule has 4 rings (SSSR count). The molecule has 2 aromatic heterocycles. The van der Waals surface area contributed by atoms with Gasteiger partial charge >= 0.3 is 0 Å². The van der Waals surface area contributed by atoms with Crippen molar-refractivity contribution in [2.24, 2.45) is 5.92 Å². The van der Waals surface area contributed by atoms with Crippen molar-refractivity contribution in [1.29, 1.82) is 0 Å². The lowest BCUT2D eigenvalue weighted by molar-refractivity contribution is 0.0919. The first kappa shape index (κ1) is 15.0. The molecule has 2 aliphatic rings. The van der Waals surface area contributed by atoms with Gasteiger partial charge in [0.25, 0.3) is 5.91 Å².